The van der Waals surface area contributed by atoms with Gasteiger partial charge in [-0.05, 0) is 45.2 Å². The Balaban J connectivity index is 1.94. The maximum atomic E-state index is 5.39. The molecule has 5 nitrogen and oxygen atoms in total. The van der Waals surface area contributed by atoms with Gasteiger partial charge in [-0.3, -0.25) is 9.89 Å². The summed E-state index contributed by atoms with van der Waals surface area (Å²) < 4.78 is 5.39. The fourth-order valence-electron chi connectivity index (χ4n) is 2.99. The van der Waals surface area contributed by atoms with E-state index in [1.54, 1.807) is 6.26 Å². The van der Waals surface area contributed by atoms with Crippen LogP contribution in [0.5, 0.6) is 0 Å². The summed E-state index contributed by atoms with van der Waals surface area (Å²) in [5.74, 6) is 2.54. The van der Waals surface area contributed by atoms with Crippen LogP contribution in [0.15, 0.2) is 27.8 Å². The van der Waals surface area contributed by atoms with Crippen molar-refractivity contribution in [1.29, 1.82) is 0 Å². The highest BCUT2D eigenvalue weighted by Crippen LogP contribution is 2.18. The van der Waals surface area contributed by atoms with Gasteiger partial charge in [0.2, 0.25) is 0 Å². The molecule has 0 aliphatic carbocycles. The monoisotopic (exact) mass is 334 g/mol. The number of rotatable bonds is 7. The summed E-state index contributed by atoms with van der Waals surface area (Å²) in [5, 5.41) is 7.19. The summed E-state index contributed by atoms with van der Waals surface area (Å²) in [6.07, 6.45) is 3.63. The Labute approximate surface area is 146 Å². The smallest absolute Gasteiger partial charge is 0.191 e. The molecule has 24 heavy (non-hydrogen) atoms. The lowest BCUT2D eigenvalue weighted by Crippen LogP contribution is -2.49. The SMILES string of the molecule is CCC(C)NC(=NCCc1ccco1)NC1CN(C(C)C)CC1C. The first-order chi connectivity index (χ1) is 11.5. The zero-order valence-electron chi connectivity index (χ0n) is 15.9. The molecule has 1 aromatic rings. The fourth-order valence-corrected chi connectivity index (χ4v) is 2.99. The zero-order chi connectivity index (χ0) is 17.5. The van der Waals surface area contributed by atoms with Gasteiger partial charge in [0.05, 0.1) is 6.26 Å². The van der Waals surface area contributed by atoms with Crippen LogP contribution in [-0.4, -0.2) is 48.6 Å². The van der Waals surface area contributed by atoms with Crippen LogP contribution in [0.4, 0.5) is 0 Å². The lowest BCUT2D eigenvalue weighted by Gasteiger charge is -2.23. The summed E-state index contributed by atoms with van der Waals surface area (Å²) in [6.45, 7) is 14.2. The predicted octanol–water partition coefficient (Wildman–Crippen LogP) is 2.88. The molecule has 2 heterocycles. The van der Waals surface area contributed by atoms with E-state index in [9.17, 15) is 0 Å². The van der Waals surface area contributed by atoms with Gasteiger partial charge in [-0.1, -0.05) is 13.8 Å². The molecule has 0 amide bonds. The van der Waals surface area contributed by atoms with Gasteiger partial charge in [-0.15, -0.1) is 0 Å². The van der Waals surface area contributed by atoms with Gasteiger partial charge in [-0.25, -0.2) is 0 Å². The van der Waals surface area contributed by atoms with Crippen molar-refractivity contribution in [3.63, 3.8) is 0 Å². The first-order valence-corrected chi connectivity index (χ1v) is 9.33. The average molecular weight is 335 g/mol. The molecule has 2 rings (SSSR count). The zero-order valence-corrected chi connectivity index (χ0v) is 15.9. The number of hydrogen-bond donors (Lipinski definition) is 2. The van der Waals surface area contributed by atoms with Crippen LogP contribution in [0.25, 0.3) is 0 Å². The molecule has 5 heteroatoms. The summed E-state index contributed by atoms with van der Waals surface area (Å²) in [7, 11) is 0. The predicted molar refractivity (Wildman–Crippen MR) is 100 cm³/mol. The van der Waals surface area contributed by atoms with Crippen LogP contribution in [-0.2, 0) is 6.42 Å². The molecule has 136 valence electrons. The van der Waals surface area contributed by atoms with E-state index >= 15 is 0 Å². The maximum absolute atomic E-state index is 5.39. The first-order valence-electron chi connectivity index (χ1n) is 9.33. The number of hydrogen-bond acceptors (Lipinski definition) is 3. The topological polar surface area (TPSA) is 52.8 Å². The lowest BCUT2D eigenvalue weighted by atomic mass is 10.1. The first kappa shape index (κ1) is 18.8. The summed E-state index contributed by atoms with van der Waals surface area (Å²) in [6, 6.07) is 5.39. The van der Waals surface area contributed by atoms with Crippen molar-refractivity contribution >= 4 is 5.96 Å². The van der Waals surface area contributed by atoms with Crippen molar-refractivity contribution in [3.8, 4) is 0 Å². The molecule has 1 saturated heterocycles. The molecular weight excluding hydrogens is 300 g/mol. The number of furan rings is 1. The Morgan fingerprint density at radius 3 is 2.75 bits per heavy atom. The van der Waals surface area contributed by atoms with E-state index in [4.69, 9.17) is 9.41 Å². The third-order valence-electron chi connectivity index (χ3n) is 4.90. The molecule has 1 aliphatic heterocycles. The number of nitrogens with one attached hydrogen (secondary N) is 2. The van der Waals surface area contributed by atoms with Crippen molar-refractivity contribution in [1.82, 2.24) is 15.5 Å². The molecule has 1 fully saturated rings. The highest BCUT2D eigenvalue weighted by molar-refractivity contribution is 5.80. The van der Waals surface area contributed by atoms with Crippen molar-refractivity contribution in [3.05, 3.63) is 24.2 Å². The molecule has 3 unspecified atom stereocenters. The van der Waals surface area contributed by atoms with Crippen molar-refractivity contribution in [2.75, 3.05) is 19.6 Å². The second-order valence-corrected chi connectivity index (χ2v) is 7.29. The summed E-state index contributed by atoms with van der Waals surface area (Å²) in [4.78, 5) is 7.30. The Kier molecular flexibility index (Phi) is 7.16. The minimum absolute atomic E-state index is 0.415. The van der Waals surface area contributed by atoms with Crippen LogP contribution < -0.4 is 10.6 Å². The summed E-state index contributed by atoms with van der Waals surface area (Å²) >= 11 is 0. The number of likely N-dealkylation sites (tertiary alicyclic amines) is 1. The van der Waals surface area contributed by atoms with E-state index in [-0.39, 0.29) is 0 Å². The lowest BCUT2D eigenvalue weighted by molar-refractivity contribution is 0.265. The second-order valence-electron chi connectivity index (χ2n) is 7.29. The van der Waals surface area contributed by atoms with Crippen LogP contribution in [0.3, 0.4) is 0 Å². The van der Waals surface area contributed by atoms with Crippen molar-refractivity contribution in [2.24, 2.45) is 10.9 Å². The molecule has 1 aromatic heterocycles. The molecular formula is C19H34N4O. The normalized spacial score (nSPS) is 23.7. The standard InChI is InChI=1S/C19H34N4O/c1-6-16(5)21-19(20-10-9-17-8-7-11-24-17)22-18-13-23(14(2)3)12-15(18)4/h7-8,11,14-16,18H,6,9-10,12-13H2,1-5H3,(H2,20,21,22). The Hall–Kier alpha value is -1.49. The molecule has 1 aliphatic rings. The second kappa shape index (κ2) is 9.11. The van der Waals surface area contributed by atoms with Crippen LogP contribution in [0.1, 0.15) is 46.8 Å². The minimum atomic E-state index is 0.415. The van der Waals surface area contributed by atoms with Crippen LogP contribution >= 0.6 is 0 Å². The van der Waals surface area contributed by atoms with Crippen LogP contribution in [0.2, 0.25) is 0 Å². The quantitative estimate of drug-likeness (QED) is 0.595. The molecule has 0 bridgehead atoms. The average Bonchev–Trinajstić information content (AvgIpc) is 3.17. The number of guanidine groups is 1. The van der Waals surface area contributed by atoms with E-state index in [1.807, 2.05) is 12.1 Å². The highest BCUT2D eigenvalue weighted by atomic mass is 16.3. The molecule has 3 atom stereocenters. The number of aliphatic imine (C=N–C) groups is 1. The largest absolute Gasteiger partial charge is 0.469 e. The van der Waals surface area contributed by atoms with Gasteiger partial charge >= 0.3 is 0 Å². The van der Waals surface area contributed by atoms with Crippen molar-refractivity contribution in [2.45, 2.75) is 65.6 Å². The molecule has 0 radical (unpaired) electrons. The van der Waals surface area contributed by atoms with E-state index < -0.39 is 0 Å². The van der Waals surface area contributed by atoms with Gasteiger partial charge in [-0.2, -0.15) is 0 Å². The third-order valence-corrected chi connectivity index (χ3v) is 4.90. The van der Waals surface area contributed by atoms with E-state index in [0.29, 0.717) is 24.0 Å². The van der Waals surface area contributed by atoms with Crippen molar-refractivity contribution < 1.29 is 4.42 Å². The van der Waals surface area contributed by atoms with Gasteiger partial charge in [0.25, 0.3) is 0 Å². The summed E-state index contributed by atoms with van der Waals surface area (Å²) in [5.41, 5.74) is 0. The minimum Gasteiger partial charge on any atom is -0.469 e. The Morgan fingerprint density at radius 2 is 2.17 bits per heavy atom. The third kappa shape index (κ3) is 5.55. The molecule has 2 N–H and O–H groups in total. The van der Waals surface area contributed by atoms with Gasteiger partial charge in [0, 0.05) is 44.2 Å². The highest BCUT2D eigenvalue weighted by Gasteiger charge is 2.31. The van der Waals surface area contributed by atoms with Gasteiger partial charge in [0.15, 0.2) is 5.96 Å². The fraction of sp³-hybridized carbons (Fsp3) is 0.737. The van der Waals surface area contributed by atoms with Gasteiger partial charge < -0.3 is 15.1 Å². The number of nitrogens with zero attached hydrogens (tertiary/aromatic N) is 2. The Morgan fingerprint density at radius 1 is 1.38 bits per heavy atom. The molecule has 0 aromatic carbocycles. The van der Waals surface area contributed by atoms with Crippen LogP contribution in [0, 0.1) is 5.92 Å². The molecule has 0 spiro atoms. The molecule has 0 saturated carbocycles. The van der Waals surface area contributed by atoms with E-state index in [1.165, 1.54) is 0 Å². The Bertz CT molecular complexity index is 497. The van der Waals surface area contributed by atoms with E-state index in [2.05, 4.69) is 50.2 Å². The maximum Gasteiger partial charge on any atom is 0.191 e. The van der Waals surface area contributed by atoms with Gasteiger partial charge in [0.1, 0.15) is 5.76 Å². The van der Waals surface area contributed by atoms with E-state index in [0.717, 1.165) is 44.2 Å².